The smallest absolute Gasteiger partial charge is 0.306 e. The lowest BCUT2D eigenvalue weighted by Gasteiger charge is -2.58. The summed E-state index contributed by atoms with van der Waals surface area (Å²) in [6.45, 7) is 8.67. The summed E-state index contributed by atoms with van der Waals surface area (Å²) in [6.07, 6.45) is 9.00. The zero-order chi connectivity index (χ0) is 28.5. The van der Waals surface area contributed by atoms with Crippen molar-refractivity contribution < 1.29 is 34.3 Å². The fourth-order valence-corrected chi connectivity index (χ4v) is 9.05. The first kappa shape index (κ1) is 29.4. The number of quaternary nitrogens is 1. The molecule has 5 aliphatic rings. The Bertz CT molecular complexity index is 1050. The van der Waals surface area contributed by atoms with Crippen LogP contribution < -0.4 is 10.6 Å². The number of hydrogen-bond donors (Lipinski definition) is 3. The maximum absolute atomic E-state index is 13.4. The Hall–Kier alpha value is -2.10. The number of esters is 1. The van der Waals surface area contributed by atoms with Gasteiger partial charge in [-0.25, -0.2) is 0 Å². The first-order chi connectivity index (χ1) is 19.1. The predicted octanol–water partition coefficient (Wildman–Crippen LogP) is 1.48. The highest BCUT2D eigenvalue weighted by Crippen LogP contribution is 2.67. The minimum absolute atomic E-state index is 0.0262. The van der Waals surface area contributed by atoms with Crippen molar-refractivity contribution in [2.75, 3.05) is 39.5 Å². The lowest BCUT2D eigenvalue weighted by atomic mass is 9.46. The van der Waals surface area contributed by atoms with E-state index in [0.29, 0.717) is 31.2 Å². The van der Waals surface area contributed by atoms with Crippen molar-refractivity contribution in [1.82, 2.24) is 10.2 Å². The summed E-state index contributed by atoms with van der Waals surface area (Å²) in [5.41, 5.74) is -0.712. The van der Waals surface area contributed by atoms with E-state index >= 15 is 0 Å². The average molecular weight is 559 g/mol. The minimum Gasteiger partial charge on any atom is -0.458 e. The number of Topliss-reactive ketones (excluding diaryl/α,β-unsaturated/α-hetero) is 1. The van der Waals surface area contributed by atoms with Gasteiger partial charge in [0.1, 0.15) is 12.3 Å². The highest BCUT2D eigenvalue weighted by atomic mass is 16.5. The number of carbonyl (C=O) groups excluding carboxylic acids is 4. The summed E-state index contributed by atoms with van der Waals surface area (Å²) < 4.78 is 5.28. The van der Waals surface area contributed by atoms with Crippen molar-refractivity contribution in [3.8, 4) is 0 Å². The highest BCUT2D eigenvalue weighted by Gasteiger charge is 2.66. The Balaban J connectivity index is 1.09. The second-order valence-corrected chi connectivity index (χ2v) is 13.5. The quantitative estimate of drug-likeness (QED) is 0.274. The molecule has 1 saturated heterocycles. The normalized spacial score (nSPS) is 37.2. The molecule has 6 unspecified atom stereocenters. The summed E-state index contributed by atoms with van der Waals surface area (Å²) in [5, 5.41) is 16.9. The van der Waals surface area contributed by atoms with E-state index in [1.807, 2.05) is 6.08 Å². The molecule has 4 aliphatic carbocycles. The third-order valence-corrected chi connectivity index (χ3v) is 11.5. The summed E-state index contributed by atoms with van der Waals surface area (Å²) in [6, 6.07) is 0. The summed E-state index contributed by atoms with van der Waals surface area (Å²) in [7, 11) is 0. The van der Waals surface area contributed by atoms with Crippen molar-refractivity contribution in [2.24, 2.45) is 28.6 Å². The average Bonchev–Trinajstić information content (AvgIpc) is 3.55. The van der Waals surface area contributed by atoms with Gasteiger partial charge in [0, 0.05) is 31.3 Å². The number of rotatable bonds is 10. The molecule has 5 rings (SSSR count). The monoisotopic (exact) mass is 558 g/mol. The molecule has 0 radical (unpaired) electrons. The summed E-state index contributed by atoms with van der Waals surface area (Å²) >= 11 is 0. The van der Waals surface area contributed by atoms with Gasteiger partial charge in [-0.05, 0) is 80.6 Å². The van der Waals surface area contributed by atoms with Crippen LogP contribution in [-0.2, 0) is 23.9 Å². The van der Waals surface area contributed by atoms with Gasteiger partial charge in [0.2, 0.25) is 11.7 Å². The third-order valence-electron chi connectivity index (χ3n) is 11.5. The lowest BCUT2D eigenvalue weighted by molar-refractivity contribution is -0.642. The van der Waals surface area contributed by atoms with Crippen LogP contribution in [0.1, 0.15) is 84.5 Å². The van der Waals surface area contributed by atoms with Gasteiger partial charge in [-0.3, -0.25) is 24.1 Å². The molecular weight excluding hydrogens is 510 g/mol. The minimum atomic E-state index is -1.51. The van der Waals surface area contributed by atoms with Gasteiger partial charge in [0.15, 0.2) is 12.4 Å². The Kier molecular flexibility index (Phi) is 8.56. The maximum Gasteiger partial charge on any atom is 0.306 e. The topological polar surface area (TPSA) is 130 Å². The van der Waals surface area contributed by atoms with E-state index in [0.717, 1.165) is 71.2 Å². The van der Waals surface area contributed by atoms with Crippen LogP contribution in [0.3, 0.4) is 0 Å². The van der Waals surface area contributed by atoms with Gasteiger partial charge >= 0.3 is 5.97 Å². The number of nitrogens with two attached hydrogens (primary N) is 1. The zero-order valence-electron chi connectivity index (χ0n) is 24.3. The molecule has 6 atom stereocenters. The highest BCUT2D eigenvalue weighted by molar-refractivity contribution is 5.92. The molecule has 0 bridgehead atoms. The van der Waals surface area contributed by atoms with E-state index in [1.165, 1.54) is 5.57 Å². The molecule has 40 heavy (non-hydrogen) atoms. The van der Waals surface area contributed by atoms with Crippen molar-refractivity contribution in [1.29, 1.82) is 0 Å². The van der Waals surface area contributed by atoms with E-state index in [2.05, 4.69) is 29.4 Å². The molecule has 0 aromatic carbocycles. The Labute approximate surface area is 237 Å². The molecule has 0 aromatic heterocycles. The van der Waals surface area contributed by atoms with Crippen LogP contribution in [0, 0.1) is 28.6 Å². The largest absolute Gasteiger partial charge is 0.458 e. The Morgan fingerprint density at radius 3 is 2.67 bits per heavy atom. The standard InChI is InChI=1S/C31H47N3O6/c1-29-11-8-22(35)18-21(29)4-5-23-24(29)9-12-30(2)25(23)10-13-31(30,39)26(36)19-40-28(38)7-6-27(37)33-14-3-16-34-17-15-32-20-34/h18,23-25,32,39H,3-17,19-20H2,1-2H3,(H,33,37)/p+1. The van der Waals surface area contributed by atoms with E-state index < -0.39 is 29.4 Å². The molecule has 1 heterocycles. The number of nitrogens with one attached hydrogen (secondary N) is 1. The summed E-state index contributed by atoms with van der Waals surface area (Å²) in [4.78, 5) is 52.3. The van der Waals surface area contributed by atoms with Gasteiger partial charge < -0.3 is 20.5 Å². The second kappa shape index (κ2) is 11.6. The SMILES string of the molecule is CC12CCC(=O)C=C1CCC1C2CCC2(C)C1CCC2(O)C(=O)COC(=O)CCC(=O)NCCCN1CC[NH2+]C1. The van der Waals surface area contributed by atoms with Crippen LogP contribution in [0.5, 0.6) is 0 Å². The Morgan fingerprint density at radius 1 is 1.10 bits per heavy atom. The number of ether oxygens (including phenoxy) is 1. The van der Waals surface area contributed by atoms with Gasteiger partial charge in [-0.2, -0.15) is 0 Å². The molecule has 4 fully saturated rings. The van der Waals surface area contributed by atoms with Gasteiger partial charge in [0.05, 0.1) is 19.5 Å². The lowest BCUT2D eigenvalue weighted by Crippen LogP contribution is -2.82. The molecule has 3 saturated carbocycles. The number of hydrogen-bond acceptors (Lipinski definition) is 7. The molecule has 9 nitrogen and oxygen atoms in total. The van der Waals surface area contributed by atoms with Crippen LogP contribution in [0.4, 0.5) is 0 Å². The number of allylic oxidation sites excluding steroid dienone is 1. The van der Waals surface area contributed by atoms with E-state index in [-0.39, 0.29) is 35.9 Å². The predicted molar refractivity (Wildman–Crippen MR) is 148 cm³/mol. The number of aliphatic hydroxyl groups is 1. The van der Waals surface area contributed by atoms with Crippen LogP contribution in [0.2, 0.25) is 0 Å². The number of fused-ring (bicyclic) bond motifs is 5. The van der Waals surface area contributed by atoms with Crippen LogP contribution in [0.25, 0.3) is 0 Å². The first-order valence-electron chi connectivity index (χ1n) is 15.5. The third kappa shape index (κ3) is 5.41. The van der Waals surface area contributed by atoms with Gasteiger partial charge in [0.25, 0.3) is 0 Å². The fourth-order valence-electron chi connectivity index (χ4n) is 9.05. The molecule has 222 valence electrons. The maximum atomic E-state index is 13.4. The van der Waals surface area contributed by atoms with E-state index in [1.54, 1.807) is 0 Å². The van der Waals surface area contributed by atoms with E-state index in [9.17, 15) is 24.3 Å². The summed E-state index contributed by atoms with van der Waals surface area (Å²) in [5.74, 6) is 0.172. The van der Waals surface area contributed by atoms with Crippen molar-refractivity contribution >= 4 is 23.4 Å². The van der Waals surface area contributed by atoms with Gasteiger partial charge in [-0.15, -0.1) is 0 Å². The van der Waals surface area contributed by atoms with E-state index in [4.69, 9.17) is 4.74 Å². The van der Waals surface area contributed by atoms with Crippen LogP contribution in [0.15, 0.2) is 11.6 Å². The number of carbonyl (C=O) groups is 4. The molecular formula is C31H48N3O6+. The zero-order valence-corrected chi connectivity index (χ0v) is 24.3. The molecule has 0 spiro atoms. The van der Waals surface area contributed by atoms with Crippen LogP contribution >= 0.6 is 0 Å². The number of amides is 1. The van der Waals surface area contributed by atoms with Crippen LogP contribution in [-0.4, -0.2) is 78.5 Å². The fraction of sp³-hybridized carbons (Fsp3) is 0.806. The molecule has 1 aliphatic heterocycles. The van der Waals surface area contributed by atoms with Crippen molar-refractivity contribution in [3.63, 3.8) is 0 Å². The first-order valence-corrected chi connectivity index (χ1v) is 15.5. The second-order valence-electron chi connectivity index (χ2n) is 13.5. The molecule has 0 aromatic rings. The number of ketones is 2. The van der Waals surface area contributed by atoms with Crippen molar-refractivity contribution in [2.45, 2.75) is 90.1 Å². The molecule has 9 heteroatoms. The molecule has 4 N–H and O–H groups in total. The van der Waals surface area contributed by atoms with Gasteiger partial charge in [-0.1, -0.05) is 19.4 Å². The van der Waals surface area contributed by atoms with Crippen molar-refractivity contribution in [3.05, 3.63) is 11.6 Å². The Morgan fingerprint density at radius 2 is 1.90 bits per heavy atom. The molecule has 1 amide bonds. The number of nitrogens with zero attached hydrogens (tertiary/aromatic N) is 1.